The fourth-order valence-electron chi connectivity index (χ4n) is 2.33. The number of aliphatic carboxylic acids is 1. The van der Waals surface area contributed by atoms with Gasteiger partial charge in [-0.25, -0.2) is 9.18 Å². The SMILES string of the molecule is O=C(O)/C=C1\c2ccccc2COc2cc(F)ccc21. The maximum atomic E-state index is 13.3. The summed E-state index contributed by atoms with van der Waals surface area (Å²) in [5, 5.41) is 9.07. The van der Waals surface area contributed by atoms with Gasteiger partial charge in [-0.3, -0.25) is 0 Å². The summed E-state index contributed by atoms with van der Waals surface area (Å²) in [7, 11) is 0. The molecule has 20 heavy (non-hydrogen) atoms. The predicted octanol–water partition coefficient (Wildman–Crippen LogP) is 3.23. The first kappa shape index (κ1) is 12.4. The van der Waals surface area contributed by atoms with Gasteiger partial charge in [0.1, 0.15) is 18.2 Å². The molecule has 3 rings (SSSR count). The van der Waals surface area contributed by atoms with E-state index in [2.05, 4.69) is 0 Å². The van der Waals surface area contributed by atoms with Crippen LogP contribution in [0.2, 0.25) is 0 Å². The van der Waals surface area contributed by atoms with Crippen molar-refractivity contribution < 1.29 is 19.0 Å². The Morgan fingerprint density at radius 1 is 1.20 bits per heavy atom. The number of carboxylic acid groups (broad SMARTS) is 1. The van der Waals surface area contributed by atoms with Crippen LogP contribution in [-0.2, 0) is 11.4 Å². The van der Waals surface area contributed by atoms with Crippen LogP contribution < -0.4 is 4.74 Å². The van der Waals surface area contributed by atoms with Crippen LogP contribution in [0, 0.1) is 5.82 Å². The highest BCUT2D eigenvalue weighted by atomic mass is 19.1. The number of hydrogen-bond donors (Lipinski definition) is 1. The van der Waals surface area contributed by atoms with Crippen LogP contribution in [0.3, 0.4) is 0 Å². The molecule has 0 spiro atoms. The van der Waals surface area contributed by atoms with Gasteiger partial charge in [0.05, 0.1) is 0 Å². The maximum Gasteiger partial charge on any atom is 0.328 e. The lowest BCUT2D eigenvalue weighted by Crippen LogP contribution is -1.96. The standard InChI is InChI=1S/C16H11FO3/c17-11-5-6-13-14(8-16(18)19)12-4-2-1-3-10(12)9-20-15(13)7-11/h1-8H,9H2,(H,18,19)/b14-8+. The summed E-state index contributed by atoms with van der Waals surface area (Å²) in [6.45, 7) is 0.281. The average molecular weight is 270 g/mol. The van der Waals surface area contributed by atoms with Crippen LogP contribution in [-0.4, -0.2) is 11.1 Å². The fraction of sp³-hybridized carbons (Fsp3) is 0.0625. The quantitative estimate of drug-likeness (QED) is 0.809. The molecule has 0 amide bonds. The molecular formula is C16H11FO3. The van der Waals surface area contributed by atoms with Gasteiger partial charge in [-0.2, -0.15) is 0 Å². The monoisotopic (exact) mass is 270 g/mol. The van der Waals surface area contributed by atoms with E-state index in [1.54, 1.807) is 6.07 Å². The zero-order valence-corrected chi connectivity index (χ0v) is 10.5. The molecule has 0 fully saturated rings. The lowest BCUT2D eigenvalue weighted by Gasteiger charge is -2.09. The Kier molecular flexibility index (Phi) is 2.99. The van der Waals surface area contributed by atoms with E-state index in [4.69, 9.17) is 9.84 Å². The van der Waals surface area contributed by atoms with Crippen LogP contribution in [0.4, 0.5) is 4.39 Å². The molecule has 0 saturated heterocycles. The summed E-state index contributed by atoms with van der Waals surface area (Å²) in [6.07, 6.45) is 1.13. The van der Waals surface area contributed by atoms with Crippen molar-refractivity contribution in [2.24, 2.45) is 0 Å². The van der Waals surface area contributed by atoms with Gasteiger partial charge in [0, 0.05) is 23.3 Å². The molecule has 0 unspecified atom stereocenters. The van der Waals surface area contributed by atoms with E-state index in [1.807, 2.05) is 24.3 Å². The minimum Gasteiger partial charge on any atom is -0.488 e. The van der Waals surface area contributed by atoms with E-state index < -0.39 is 11.8 Å². The summed E-state index contributed by atoms with van der Waals surface area (Å²) < 4.78 is 18.9. The Bertz CT molecular complexity index is 719. The number of carboxylic acids is 1. The smallest absolute Gasteiger partial charge is 0.328 e. The van der Waals surface area contributed by atoms with Crippen molar-refractivity contribution >= 4 is 11.5 Å². The number of carbonyl (C=O) groups is 1. The second kappa shape index (κ2) is 4.81. The van der Waals surface area contributed by atoms with Crippen LogP contribution in [0.25, 0.3) is 5.57 Å². The third kappa shape index (κ3) is 2.16. The van der Waals surface area contributed by atoms with Crippen molar-refractivity contribution in [1.29, 1.82) is 0 Å². The fourth-order valence-corrected chi connectivity index (χ4v) is 2.33. The Hall–Kier alpha value is -2.62. The van der Waals surface area contributed by atoms with Gasteiger partial charge in [0.25, 0.3) is 0 Å². The van der Waals surface area contributed by atoms with Crippen molar-refractivity contribution in [3.63, 3.8) is 0 Å². The molecule has 0 radical (unpaired) electrons. The summed E-state index contributed by atoms with van der Waals surface area (Å²) in [6, 6.07) is 11.5. The van der Waals surface area contributed by atoms with Gasteiger partial charge in [0.2, 0.25) is 0 Å². The highest BCUT2D eigenvalue weighted by molar-refractivity contribution is 5.97. The lowest BCUT2D eigenvalue weighted by atomic mass is 9.94. The van der Waals surface area contributed by atoms with Crippen molar-refractivity contribution in [1.82, 2.24) is 0 Å². The molecule has 2 aromatic carbocycles. The number of hydrogen-bond acceptors (Lipinski definition) is 2. The van der Waals surface area contributed by atoms with E-state index in [1.165, 1.54) is 12.1 Å². The molecule has 0 aliphatic carbocycles. The van der Waals surface area contributed by atoms with Gasteiger partial charge in [0.15, 0.2) is 0 Å². The second-order valence-corrected chi connectivity index (χ2v) is 4.48. The first-order valence-corrected chi connectivity index (χ1v) is 6.11. The summed E-state index contributed by atoms with van der Waals surface area (Å²) >= 11 is 0. The number of halogens is 1. The summed E-state index contributed by atoms with van der Waals surface area (Å²) in [4.78, 5) is 11.1. The van der Waals surface area contributed by atoms with Gasteiger partial charge in [-0.1, -0.05) is 24.3 Å². The Balaban J connectivity index is 2.28. The van der Waals surface area contributed by atoms with Gasteiger partial charge in [-0.15, -0.1) is 0 Å². The molecule has 1 N–H and O–H groups in total. The first-order chi connectivity index (χ1) is 9.65. The van der Waals surface area contributed by atoms with Gasteiger partial charge < -0.3 is 9.84 Å². The molecule has 100 valence electrons. The Labute approximate surface area is 114 Å². The minimum absolute atomic E-state index is 0.281. The second-order valence-electron chi connectivity index (χ2n) is 4.48. The van der Waals surface area contributed by atoms with Gasteiger partial charge in [-0.05, 0) is 23.3 Å². The molecule has 0 atom stereocenters. The van der Waals surface area contributed by atoms with Crippen LogP contribution in [0.5, 0.6) is 5.75 Å². The largest absolute Gasteiger partial charge is 0.488 e. The lowest BCUT2D eigenvalue weighted by molar-refractivity contribution is -0.131. The summed E-state index contributed by atoms with van der Waals surface area (Å²) in [5.41, 5.74) is 2.77. The maximum absolute atomic E-state index is 13.3. The van der Waals surface area contributed by atoms with Crippen molar-refractivity contribution in [3.05, 3.63) is 71.0 Å². The van der Waals surface area contributed by atoms with Gasteiger partial charge >= 0.3 is 5.97 Å². The number of benzene rings is 2. The third-order valence-corrected chi connectivity index (χ3v) is 3.19. The van der Waals surface area contributed by atoms with Crippen LogP contribution in [0.1, 0.15) is 16.7 Å². The first-order valence-electron chi connectivity index (χ1n) is 6.11. The van der Waals surface area contributed by atoms with E-state index in [0.29, 0.717) is 16.9 Å². The molecule has 3 nitrogen and oxygen atoms in total. The molecular weight excluding hydrogens is 259 g/mol. The zero-order chi connectivity index (χ0) is 14.1. The van der Waals surface area contributed by atoms with Crippen LogP contribution in [0.15, 0.2) is 48.5 Å². The zero-order valence-electron chi connectivity index (χ0n) is 10.5. The highest BCUT2D eigenvalue weighted by Crippen LogP contribution is 2.36. The van der Waals surface area contributed by atoms with E-state index in [9.17, 15) is 9.18 Å². The van der Waals surface area contributed by atoms with E-state index >= 15 is 0 Å². The Morgan fingerprint density at radius 2 is 2.00 bits per heavy atom. The number of ether oxygens (including phenoxy) is 1. The van der Waals surface area contributed by atoms with Crippen LogP contribution >= 0.6 is 0 Å². The summed E-state index contributed by atoms with van der Waals surface area (Å²) in [5.74, 6) is -1.11. The minimum atomic E-state index is -1.05. The topological polar surface area (TPSA) is 46.5 Å². The molecule has 0 saturated carbocycles. The van der Waals surface area contributed by atoms with E-state index in [0.717, 1.165) is 17.2 Å². The highest BCUT2D eigenvalue weighted by Gasteiger charge is 2.20. The molecule has 1 aliphatic rings. The Morgan fingerprint density at radius 3 is 2.80 bits per heavy atom. The van der Waals surface area contributed by atoms with Crippen molar-refractivity contribution in [3.8, 4) is 5.75 Å². The average Bonchev–Trinajstić information content (AvgIpc) is 2.57. The molecule has 1 heterocycles. The number of rotatable bonds is 1. The van der Waals surface area contributed by atoms with Crippen molar-refractivity contribution in [2.75, 3.05) is 0 Å². The van der Waals surface area contributed by atoms with Crippen molar-refractivity contribution in [2.45, 2.75) is 6.61 Å². The number of fused-ring (bicyclic) bond motifs is 2. The molecule has 1 aliphatic heterocycles. The third-order valence-electron chi connectivity index (χ3n) is 3.19. The predicted molar refractivity (Wildman–Crippen MR) is 71.9 cm³/mol. The molecule has 2 aromatic rings. The molecule has 0 aromatic heterocycles. The normalized spacial score (nSPS) is 14.9. The van der Waals surface area contributed by atoms with E-state index in [-0.39, 0.29) is 6.61 Å². The molecule has 0 bridgehead atoms. The molecule has 4 heteroatoms.